The van der Waals surface area contributed by atoms with Crippen LogP contribution in [-0.2, 0) is 0 Å². The number of rotatable bonds is 3. The van der Waals surface area contributed by atoms with Gasteiger partial charge in [-0.1, -0.05) is 19.1 Å². The number of para-hydroxylation sites is 1. The Morgan fingerprint density at radius 3 is 2.69 bits per heavy atom. The van der Waals surface area contributed by atoms with Gasteiger partial charge in [0, 0.05) is 12.6 Å². The van der Waals surface area contributed by atoms with Crippen LogP contribution in [0.15, 0.2) is 29.4 Å². The molecule has 0 radical (unpaired) electrons. The fourth-order valence-corrected chi connectivity index (χ4v) is 1.27. The van der Waals surface area contributed by atoms with Gasteiger partial charge in [0.25, 0.3) is 0 Å². The van der Waals surface area contributed by atoms with Crippen molar-refractivity contribution < 1.29 is 5.11 Å². The van der Waals surface area contributed by atoms with Crippen molar-refractivity contribution in [3.8, 4) is 5.75 Å². The topological polar surface area (TPSA) is 56.7 Å². The van der Waals surface area contributed by atoms with E-state index >= 15 is 0 Å². The highest BCUT2D eigenvalue weighted by molar-refractivity contribution is 7.80. The lowest BCUT2D eigenvalue weighted by molar-refractivity contribution is 0.474. The van der Waals surface area contributed by atoms with Crippen LogP contribution in [0, 0.1) is 0 Å². The molecule has 3 N–H and O–H groups in total. The van der Waals surface area contributed by atoms with E-state index in [1.165, 1.54) is 0 Å². The van der Waals surface area contributed by atoms with Crippen molar-refractivity contribution in [1.29, 1.82) is 0 Å². The van der Waals surface area contributed by atoms with E-state index in [9.17, 15) is 5.11 Å². The minimum absolute atomic E-state index is 0.222. The zero-order valence-corrected chi connectivity index (χ0v) is 10.1. The number of nitrogens with one attached hydrogen (secondary N) is 2. The van der Waals surface area contributed by atoms with Crippen LogP contribution in [0.25, 0.3) is 0 Å². The lowest BCUT2D eigenvalue weighted by Crippen LogP contribution is -2.29. The van der Waals surface area contributed by atoms with Gasteiger partial charge in [-0.15, -0.1) is 0 Å². The largest absolute Gasteiger partial charge is 0.507 e. The maximum absolute atomic E-state index is 9.68. The Hall–Kier alpha value is -1.62. The van der Waals surface area contributed by atoms with Crippen LogP contribution in [0.1, 0.15) is 18.9 Å². The summed E-state index contributed by atoms with van der Waals surface area (Å²) in [5.41, 5.74) is 4.19. The molecule has 0 aliphatic carbocycles. The molecule has 0 aliphatic heterocycles. The molecule has 0 amide bonds. The second-order valence-corrected chi connectivity index (χ2v) is 3.53. The summed E-state index contributed by atoms with van der Waals surface area (Å²) in [6.07, 6.45) is 0.705. The van der Waals surface area contributed by atoms with Gasteiger partial charge in [0.05, 0.1) is 5.71 Å². The highest BCUT2D eigenvalue weighted by Gasteiger charge is 2.06. The summed E-state index contributed by atoms with van der Waals surface area (Å²) < 4.78 is 0. The Bertz CT molecular complexity index is 404. The van der Waals surface area contributed by atoms with Crippen molar-refractivity contribution in [2.75, 3.05) is 7.05 Å². The predicted molar refractivity (Wildman–Crippen MR) is 69.7 cm³/mol. The zero-order chi connectivity index (χ0) is 12.0. The molecule has 16 heavy (non-hydrogen) atoms. The van der Waals surface area contributed by atoms with Crippen molar-refractivity contribution in [1.82, 2.24) is 10.7 Å². The third-order valence-corrected chi connectivity index (χ3v) is 2.36. The molecule has 0 spiro atoms. The lowest BCUT2D eigenvalue weighted by Gasteiger charge is -2.07. The monoisotopic (exact) mass is 237 g/mol. The van der Waals surface area contributed by atoms with Gasteiger partial charge in [-0.25, -0.2) is 0 Å². The highest BCUT2D eigenvalue weighted by Crippen LogP contribution is 2.17. The molecular weight excluding hydrogens is 222 g/mol. The van der Waals surface area contributed by atoms with Crippen LogP contribution < -0.4 is 10.7 Å². The van der Waals surface area contributed by atoms with Gasteiger partial charge in [-0.3, -0.25) is 5.43 Å². The zero-order valence-electron chi connectivity index (χ0n) is 9.32. The molecule has 1 rings (SSSR count). The van der Waals surface area contributed by atoms with Gasteiger partial charge in [0.1, 0.15) is 5.75 Å². The number of nitrogens with zero attached hydrogens (tertiary/aromatic N) is 1. The van der Waals surface area contributed by atoms with Gasteiger partial charge < -0.3 is 10.4 Å². The highest BCUT2D eigenvalue weighted by atomic mass is 32.1. The summed E-state index contributed by atoms with van der Waals surface area (Å²) in [6.45, 7) is 1.97. The van der Waals surface area contributed by atoms with E-state index in [0.717, 1.165) is 11.3 Å². The summed E-state index contributed by atoms with van der Waals surface area (Å²) in [5, 5.41) is 17.0. The molecule has 0 saturated heterocycles. The van der Waals surface area contributed by atoms with Gasteiger partial charge in [0.15, 0.2) is 5.11 Å². The SMILES string of the molecule is CC/C(=N\NC(=S)NC)c1ccccc1O. The number of hydrazone groups is 1. The van der Waals surface area contributed by atoms with E-state index in [4.69, 9.17) is 12.2 Å². The molecule has 0 fully saturated rings. The van der Waals surface area contributed by atoms with Crippen molar-refractivity contribution >= 4 is 23.0 Å². The third kappa shape index (κ3) is 3.20. The van der Waals surface area contributed by atoms with Gasteiger partial charge in [-0.2, -0.15) is 5.10 Å². The molecule has 0 heterocycles. The minimum atomic E-state index is 0.222. The molecular formula is C11H15N3OS. The van der Waals surface area contributed by atoms with Crippen LogP contribution in [-0.4, -0.2) is 23.0 Å². The first-order chi connectivity index (χ1) is 7.69. The Balaban J connectivity index is 2.90. The Kier molecular flexibility index (Phi) is 4.72. The molecule has 0 atom stereocenters. The number of hydrogen-bond acceptors (Lipinski definition) is 3. The van der Waals surface area contributed by atoms with Crippen LogP contribution in [0.2, 0.25) is 0 Å². The maximum atomic E-state index is 9.68. The van der Waals surface area contributed by atoms with E-state index in [2.05, 4.69) is 15.8 Å². The standard InChI is InChI=1S/C11H15N3OS/c1-3-9(13-14-11(16)12-2)8-6-4-5-7-10(8)15/h4-7,15H,3H2,1-2H3,(H2,12,14,16)/b13-9+. The van der Waals surface area contributed by atoms with E-state index in [0.29, 0.717) is 11.5 Å². The molecule has 5 heteroatoms. The van der Waals surface area contributed by atoms with Crippen molar-refractivity contribution in [3.05, 3.63) is 29.8 Å². The summed E-state index contributed by atoms with van der Waals surface area (Å²) in [6, 6.07) is 7.09. The van der Waals surface area contributed by atoms with E-state index < -0.39 is 0 Å². The second-order valence-electron chi connectivity index (χ2n) is 3.12. The fraction of sp³-hybridized carbons (Fsp3) is 0.273. The first kappa shape index (κ1) is 12.4. The average Bonchev–Trinajstić information content (AvgIpc) is 2.31. The first-order valence-corrected chi connectivity index (χ1v) is 5.42. The average molecular weight is 237 g/mol. The lowest BCUT2D eigenvalue weighted by atomic mass is 10.1. The number of benzene rings is 1. The van der Waals surface area contributed by atoms with E-state index in [-0.39, 0.29) is 5.75 Å². The number of phenolic OH excluding ortho intramolecular Hbond substituents is 1. The molecule has 0 bridgehead atoms. The summed E-state index contributed by atoms with van der Waals surface area (Å²) in [7, 11) is 1.72. The van der Waals surface area contributed by atoms with Crippen LogP contribution in [0.5, 0.6) is 5.75 Å². The Morgan fingerprint density at radius 1 is 1.44 bits per heavy atom. The van der Waals surface area contributed by atoms with E-state index in [1.54, 1.807) is 19.2 Å². The molecule has 1 aromatic rings. The fourth-order valence-electron chi connectivity index (χ4n) is 1.22. The van der Waals surface area contributed by atoms with Crippen LogP contribution >= 0.6 is 12.2 Å². The molecule has 0 aromatic heterocycles. The minimum Gasteiger partial charge on any atom is -0.507 e. The van der Waals surface area contributed by atoms with Gasteiger partial charge in [-0.05, 0) is 30.8 Å². The first-order valence-electron chi connectivity index (χ1n) is 5.01. The smallest absolute Gasteiger partial charge is 0.186 e. The summed E-state index contributed by atoms with van der Waals surface area (Å²) in [4.78, 5) is 0. The molecule has 86 valence electrons. The number of thiocarbonyl (C=S) groups is 1. The van der Waals surface area contributed by atoms with Gasteiger partial charge >= 0.3 is 0 Å². The van der Waals surface area contributed by atoms with Crippen molar-refractivity contribution in [3.63, 3.8) is 0 Å². The van der Waals surface area contributed by atoms with Crippen molar-refractivity contribution in [2.24, 2.45) is 5.10 Å². The molecule has 1 aromatic carbocycles. The number of aromatic hydroxyl groups is 1. The van der Waals surface area contributed by atoms with Crippen LogP contribution in [0.4, 0.5) is 0 Å². The summed E-state index contributed by atoms with van der Waals surface area (Å²) >= 11 is 4.91. The summed E-state index contributed by atoms with van der Waals surface area (Å²) in [5.74, 6) is 0.222. The number of phenols is 1. The Labute approximate surface area is 100 Å². The van der Waals surface area contributed by atoms with Crippen LogP contribution in [0.3, 0.4) is 0 Å². The molecule has 0 unspecified atom stereocenters. The molecule has 4 nitrogen and oxygen atoms in total. The van der Waals surface area contributed by atoms with E-state index in [1.807, 2.05) is 19.1 Å². The predicted octanol–water partition coefficient (Wildman–Crippen LogP) is 1.60. The van der Waals surface area contributed by atoms with Gasteiger partial charge in [0.2, 0.25) is 0 Å². The van der Waals surface area contributed by atoms with Crippen molar-refractivity contribution in [2.45, 2.75) is 13.3 Å². The Morgan fingerprint density at radius 2 is 2.12 bits per heavy atom. The normalized spacial score (nSPS) is 11.0. The third-order valence-electron chi connectivity index (χ3n) is 2.07. The molecule has 0 aliphatic rings. The number of hydrogen-bond donors (Lipinski definition) is 3. The quantitative estimate of drug-likeness (QED) is 0.424. The maximum Gasteiger partial charge on any atom is 0.186 e. The second kappa shape index (κ2) is 6.07. The molecule has 0 saturated carbocycles.